The van der Waals surface area contributed by atoms with E-state index in [2.05, 4.69) is 11.9 Å². The van der Waals surface area contributed by atoms with Crippen molar-refractivity contribution < 1.29 is 9.53 Å². The average molecular weight is 263 g/mol. The summed E-state index contributed by atoms with van der Waals surface area (Å²) in [5.41, 5.74) is 6.94. The number of nitrogen functional groups attached to an aromatic ring is 1. The van der Waals surface area contributed by atoms with E-state index in [1.54, 1.807) is 25.3 Å². The summed E-state index contributed by atoms with van der Waals surface area (Å²) in [5, 5.41) is 0. The number of amides is 1. The monoisotopic (exact) mass is 263 g/mol. The molecule has 0 aliphatic carbocycles. The van der Waals surface area contributed by atoms with E-state index in [9.17, 15) is 4.79 Å². The van der Waals surface area contributed by atoms with Crippen molar-refractivity contribution in [1.82, 2.24) is 9.80 Å². The Kier molecular flexibility index (Phi) is 4.27. The minimum atomic E-state index is -0.00769. The van der Waals surface area contributed by atoms with E-state index in [4.69, 9.17) is 10.5 Å². The zero-order chi connectivity index (χ0) is 13.8. The van der Waals surface area contributed by atoms with Crippen LogP contribution in [0.3, 0.4) is 0 Å². The third-order valence-corrected chi connectivity index (χ3v) is 3.50. The molecule has 1 aromatic rings. The Morgan fingerprint density at radius 2 is 2.05 bits per heavy atom. The van der Waals surface area contributed by atoms with Gasteiger partial charge in [0.15, 0.2) is 0 Å². The minimum absolute atomic E-state index is 0.00769. The number of benzene rings is 1. The molecule has 0 bridgehead atoms. The first-order valence-corrected chi connectivity index (χ1v) is 6.53. The molecule has 2 rings (SSSR count). The molecule has 0 aromatic heterocycles. The lowest BCUT2D eigenvalue weighted by Gasteiger charge is -2.21. The molecule has 0 radical (unpaired) electrons. The quantitative estimate of drug-likeness (QED) is 0.810. The number of nitrogens with two attached hydrogens (primary N) is 1. The van der Waals surface area contributed by atoms with E-state index >= 15 is 0 Å². The molecule has 0 saturated carbocycles. The molecule has 0 atom stereocenters. The number of anilines is 1. The predicted molar refractivity (Wildman–Crippen MR) is 75.4 cm³/mol. The van der Waals surface area contributed by atoms with Crippen LogP contribution in [0, 0.1) is 0 Å². The van der Waals surface area contributed by atoms with E-state index in [-0.39, 0.29) is 5.91 Å². The van der Waals surface area contributed by atoms with Crippen LogP contribution >= 0.6 is 0 Å². The van der Waals surface area contributed by atoms with Gasteiger partial charge in [0.1, 0.15) is 5.75 Å². The lowest BCUT2D eigenvalue weighted by molar-refractivity contribution is 0.0763. The largest absolute Gasteiger partial charge is 0.497 e. The highest BCUT2D eigenvalue weighted by molar-refractivity contribution is 5.99. The van der Waals surface area contributed by atoms with Gasteiger partial charge in [0.05, 0.1) is 12.7 Å². The van der Waals surface area contributed by atoms with Gasteiger partial charge in [-0.25, -0.2) is 0 Å². The van der Waals surface area contributed by atoms with Gasteiger partial charge < -0.3 is 20.3 Å². The highest BCUT2D eigenvalue weighted by atomic mass is 16.5. The van der Waals surface area contributed by atoms with Gasteiger partial charge in [-0.3, -0.25) is 4.79 Å². The van der Waals surface area contributed by atoms with Crippen molar-refractivity contribution in [3.63, 3.8) is 0 Å². The molecule has 5 nitrogen and oxygen atoms in total. The normalized spacial score (nSPS) is 17.1. The maximum Gasteiger partial charge on any atom is 0.256 e. The summed E-state index contributed by atoms with van der Waals surface area (Å²) in [6.45, 7) is 3.44. The fourth-order valence-electron chi connectivity index (χ4n) is 2.27. The Morgan fingerprint density at radius 3 is 2.79 bits per heavy atom. The van der Waals surface area contributed by atoms with Crippen LogP contribution in [0.2, 0.25) is 0 Å². The topological polar surface area (TPSA) is 58.8 Å². The van der Waals surface area contributed by atoms with Crippen molar-refractivity contribution in [3.8, 4) is 5.75 Å². The third-order valence-electron chi connectivity index (χ3n) is 3.50. The Labute approximate surface area is 113 Å². The summed E-state index contributed by atoms with van der Waals surface area (Å²) in [6, 6.07) is 5.20. The van der Waals surface area contributed by atoms with Gasteiger partial charge in [-0.1, -0.05) is 0 Å². The molecule has 1 aliphatic heterocycles. The smallest absolute Gasteiger partial charge is 0.256 e. The zero-order valence-electron chi connectivity index (χ0n) is 11.6. The van der Waals surface area contributed by atoms with Gasteiger partial charge in [0, 0.05) is 25.3 Å². The van der Waals surface area contributed by atoms with Crippen LogP contribution in [0.5, 0.6) is 5.75 Å². The van der Waals surface area contributed by atoms with Crippen LogP contribution in [0.4, 0.5) is 5.69 Å². The van der Waals surface area contributed by atoms with Gasteiger partial charge in [0.25, 0.3) is 5.91 Å². The fourth-order valence-corrected chi connectivity index (χ4v) is 2.27. The number of hydrogen-bond donors (Lipinski definition) is 1. The van der Waals surface area contributed by atoms with E-state index in [0.29, 0.717) is 17.0 Å². The lowest BCUT2D eigenvalue weighted by Crippen LogP contribution is -2.34. The molecule has 2 N–H and O–H groups in total. The van der Waals surface area contributed by atoms with Crippen LogP contribution < -0.4 is 10.5 Å². The van der Waals surface area contributed by atoms with Gasteiger partial charge in [0.2, 0.25) is 0 Å². The van der Waals surface area contributed by atoms with E-state index in [1.807, 2.05) is 4.90 Å². The highest BCUT2D eigenvalue weighted by Gasteiger charge is 2.21. The van der Waals surface area contributed by atoms with Crippen molar-refractivity contribution >= 4 is 11.6 Å². The second kappa shape index (κ2) is 5.93. The molecule has 1 heterocycles. The maximum absolute atomic E-state index is 12.5. The van der Waals surface area contributed by atoms with Crippen LogP contribution in [0.1, 0.15) is 16.8 Å². The van der Waals surface area contributed by atoms with E-state index < -0.39 is 0 Å². The molecule has 0 spiro atoms. The molecular formula is C14H21N3O2. The fraction of sp³-hybridized carbons (Fsp3) is 0.500. The first-order chi connectivity index (χ1) is 9.11. The standard InChI is InChI=1S/C14H21N3O2/c1-16-6-3-7-17(9-8-16)14(18)12-10-11(19-2)4-5-13(12)15/h4-5,10H,3,6-9,15H2,1-2H3. The van der Waals surface area contributed by atoms with Gasteiger partial charge >= 0.3 is 0 Å². The van der Waals surface area contributed by atoms with Gasteiger partial charge in [-0.05, 0) is 38.2 Å². The molecule has 0 unspecified atom stereocenters. The molecule has 1 fully saturated rings. The number of hydrogen-bond acceptors (Lipinski definition) is 4. The summed E-state index contributed by atoms with van der Waals surface area (Å²) >= 11 is 0. The maximum atomic E-state index is 12.5. The van der Waals surface area contributed by atoms with Gasteiger partial charge in [-0.15, -0.1) is 0 Å². The number of methoxy groups -OCH3 is 1. The third kappa shape index (κ3) is 3.17. The van der Waals surface area contributed by atoms with Crippen molar-refractivity contribution in [2.24, 2.45) is 0 Å². The summed E-state index contributed by atoms with van der Waals surface area (Å²) < 4.78 is 5.15. The minimum Gasteiger partial charge on any atom is -0.497 e. The first kappa shape index (κ1) is 13.7. The van der Waals surface area contributed by atoms with Crippen molar-refractivity contribution in [3.05, 3.63) is 23.8 Å². The Bertz CT molecular complexity index is 462. The molecule has 1 amide bonds. The van der Waals surface area contributed by atoms with E-state index in [1.165, 1.54) is 0 Å². The Balaban J connectivity index is 2.18. The first-order valence-electron chi connectivity index (χ1n) is 6.53. The number of rotatable bonds is 2. The second-order valence-corrected chi connectivity index (χ2v) is 4.90. The SMILES string of the molecule is COc1ccc(N)c(C(=O)N2CCCN(C)CC2)c1. The Morgan fingerprint density at radius 1 is 1.26 bits per heavy atom. The summed E-state index contributed by atoms with van der Waals surface area (Å²) in [4.78, 5) is 16.6. The summed E-state index contributed by atoms with van der Waals surface area (Å²) in [5.74, 6) is 0.649. The van der Waals surface area contributed by atoms with Crippen LogP contribution in [-0.2, 0) is 0 Å². The van der Waals surface area contributed by atoms with Crippen LogP contribution in [0.15, 0.2) is 18.2 Å². The summed E-state index contributed by atoms with van der Waals surface area (Å²) in [6.07, 6.45) is 0.992. The molecule has 1 aliphatic rings. The molecule has 5 heteroatoms. The van der Waals surface area contributed by atoms with Crippen LogP contribution in [-0.4, -0.2) is 56.0 Å². The summed E-state index contributed by atoms with van der Waals surface area (Å²) in [7, 11) is 3.66. The second-order valence-electron chi connectivity index (χ2n) is 4.90. The van der Waals surface area contributed by atoms with Crippen molar-refractivity contribution in [1.29, 1.82) is 0 Å². The number of carbonyl (C=O) groups is 1. The number of likely N-dealkylation sites (N-methyl/N-ethyl adjacent to an activating group) is 1. The zero-order valence-corrected chi connectivity index (χ0v) is 11.6. The van der Waals surface area contributed by atoms with Crippen molar-refractivity contribution in [2.75, 3.05) is 46.1 Å². The molecule has 1 aromatic carbocycles. The molecule has 104 valence electrons. The molecular weight excluding hydrogens is 242 g/mol. The van der Waals surface area contributed by atoms with Crippen molar-refractivity contribution in [2.45, 2.75) is 6.42 Å². The van der Waals surface area contributed by atoms with E-state index in [0.717, 1.165) is 32.6 Å². The number of carbonyl (C=O) groups excluding carboxylic acids is 1. The van der Waals surface area contributed by atoms with Crippen LogP contribution in [0.25, 0.3) is 0 Å². The Hall–Kier alpha value is -1.75. The van der Waals surface area contributed by atoms with Gasteiger partial charge in [-0.2, -0.15) is 0 Å². The number of ether oxygens (including phenoxy) is 1. The molecule has 19 heavy (non-hydrogen) atoms. The molecule has 1 saturated heterocycles. The highest BCUT2D eigenvalue weighted by Crippen LogP contribution is 2.21. The number of nitrogens with zero attached hydrogens (tertiary/aromatic N) is 2. The average Bonchev–Trinajstić information content (AvgIpc) is 2.63. The predicted octanol–water partition coefficient (Wildman–Crippen LogP) is 1.06. The lowest BCUT2D eigenvalue weighted by atomic mass is 10.1.